The molecule has 0 aliphatic carbocycles. The third-order valence-electron chi connectivity index (χ3n) is 1.88. The van der Waals surface area contributed by atoms with Crippen molar-refractivity contribution in [2.24, 2.45) is 5.41 Å². The first-order chi connectivity index (χ1) is 5.93. The fourth-order valence-corrected chi connectivity index (χ4v) is 2.72. The minimum atomic E-state index is -1.65. The highest BCUT2D eigenvalue weighted by atomic mass is 28.3. The van der Waals surface area contributed by atoms with E-state index < -0.39 is 9.28 Å². The van der Waals surface area contributed by atoms with Crippen LogP contribution in [0.3, 0.4) is 0 Å². The third kappa shape index (κ3) is 4.60. The molecular formula is C10H22O2Si. The van der Waals surface area contributed by atoms with E-state index in [9.17, 15) is 0 Å². The molecule has 0 fully saturated rings. The van der Waals surface area contributed by atoms with Crippen molar-refractivity contribution >= 4 is 9.28 Å². The average Bonchev–Trinajstić information content (AvgIpc) is 2.01. The molecule has 0 heterocycles. The van der Waals surface area contributed by atoms with Gasteiger partial charge in [0.2, 0.25) is 0 Å². The van der Waals surface area contributed by atoms with Crippen LogP contribution in [0.1, 0.15) is 34.6 Å². The van der Waals surface area contributed by atoms with Crippen LogP contribution in [0.4, 0.5) is 0 Å². The molecule has 0 radical (unpaired) electrons. The molecule has 0 saturated carbocycles. The van der Waals surface area contributed by atoms with Crippen molar-refractivity contribution in [2.45, 2.75) is 34.6 Å². The van der Waals surface area contributed by atoms with Gasteiger partial charge in [0.15, 0.2) is 0 Å². The third-order valence-corrected chi connectivity index (χ3v) is 4.59. The molecule has 0 unspecified atom stereocenters. The van der Waals surface area contributed by atoms with Crippen LogP contribution in [0, 0.1) is 5.41 Å². The van der Waals surface area contributed by atoms with Gasteiger partial charge in [-0.3, -0.25) is 0 Å². The van der Waals surface area contributed by atoms with Crippen LogP contribution in [-0.4, -0.2) is 22.5 Å². The molecule has 0 rings (SSSR count). The molecule has 0 spiro atoms. The molecule has 0 aliphatic heterocycles. The summed E-state index contributed by atoms with van der Waals surface area (Å²) in [4.78, 5) is 0. The van der Waals surface area contributed by atoms with Crippen molar-refractivity contribution in [1.82, 2.24) is 0 Å². The molecule has 0 amide bonds. The smallest absolute Gasteiger partial charge is 0.351 e. The van der Waals surface area contributed by atoms with E-state index in [-0.39, 0.29) is 5.41 Å². The molecular weight excluding hydrogens is 180 g/mol. The van der Waals surface area contributed by atoms with Gasteiger partial charge in [-0.1, -0.05) is 27.4 Å². The van der Waals surface area contributed by atoms with Crippen LogP contribution >= 0.6 is 0 Å². The Balaban J connectivity index is 4.27. The zero-order valence-corrected chi connectivity index (χ0v) is 10.7. The van der Waals surface area contributed by atoms with Crippen molar-refractivity contribution < 1.29 is 8.85 Å². The Morgan fingerprint density at radius 1 is 1.15 bits per heavy atom. The summed E-state index contributed by atoms with van der Waals surface area (Å²) < 4.78 is 11.2. The lowest BCUT2D eigenvalue weighted by Crippen LogP contribution is -2.32. The van der Waals surface area contributed by atoms with Crippen LogP contribution in [0.2, 0.25) is 0 Å². The zero-order chi connectivity index (χ0) is 10.5. The van der Waals surface area contributed by atoms with Gasteiger partial charge in [0.25, 0.3) is 0 Å². The fourth-order valence-electron chi connectivity index (χ4n) is 0.906. The summed E-state index contributed by atoms with van der Waals surface area (Å²) in [5.41, 5.74) is 0.0984. The van der Waals surface area contributed by atoms with Crippen molar-refractivity contribution in [2.75, 3.05) is 13.2 Å². The highest BCUT2D eigenvalue weighted by Crippen LogP contribution is 2.26. The predicted octanol–water partition coefficient (Wildman–Crippen LogP) is 2.42. The summed E-state index contributed by atoms with van der Waals surface area (Å²) in [6.45, 7) is 15.9. The lowest BCUT2D eigenvalue weighted by Gasteiger charge is -2.27. The van der Waals surface area contributed by atoms with E-state index in [1.165, 1.54) is 0 Å². The van der Waals surface area contributed by atoms with Gasteiger partial charge in [-0.05, 0) is 24.5 Å². The highest BCUT2D eigenvalue weighted by Gasteiger charge is 2.26. The second-order valence-corrected chi connectivity index (χ2v) is 6.05. The van der Waals surface area contributed by atoms with E-state index in [4.69, 9.17) is 8.85 Å². The van der Waals surface area contributed by atoms with Crippen LogP contribution in [0.25, 0.3) is 0 Å². The SMILES string of the molecule is C=C([SiH](OCC)OCC)C(C)(C)C. The molecule has 2 nitrogen and oxygen atoms in total. The summed E-state index contributed by atoms with van der Waals surface area (Å²) in [5.74, 6) is 0. The number of hydrogen-bond acceptors (Lipinski definition) is 2. The van der Waals surface area contributed by atoms with Gasteiger partial charge in [-0.25, -0.2) is 0 Å². The van der Waals surface area contributed by atoms with Gasteiger partial charge in [0, 0.05) is 13.2 Å². The lowest BCUT2D eigenvalue weighted by molar-refractivity contribution is 0.215. The molecule has 0 bridgehead atoms. The lowest BCUT2D eigenvalue weighted by atomic mass is 9.97. The first kappa shape index (κ1) is 12.9. The molecule has 3 heteroatoms. The van der Waals surface area contributed by atoms with Gasteiger partial charge in [0.05, 0.1) is 0 Å². The Hall–Kier alpha value is -0.123. The van der Waals surface area contributed by atoms with Gasteiger partial charge in [-0.2, -0.15) is 0 Å². The normalized spacial score (nSPS) is 12.2. The number of rotatable bonds is 5. The van der Waals surface area contributed by atoms with Gasteiger partial charge in [0.1, 0.15) is 0 Å². The van der Waals surface area contributed by atoms with E-state index in [1.807, 2.05) is 13.8 Å². The van der Waals surface area contributed by atoms with Gasteiger partial charge < -0.3 is 8.85 Å². The Morgan fingerprint density at radius 2 is 1.54 bits per heavy atom. The summed E-state index contributed by atoms with van der Waals surface area (Å²) in [5, 5.41) is 1.14. The Bertz CT molecular complexity index is 155. The van der Waals surface area contributed by atoms with Crippen molar-refractivity contribution in [1.29, 1.82) is 0 Å². The fraction of sp³-hybridized carbons (Fsp3) is 0.800. The summed E-state index contributed by atoms with van der Waals surface area (Å²) in [6.07, 6.45) is 0. The first-order valence-electron chi connectivity index (χ1n) is 4.86. The maximum Gasteiger partial charge on any atom is 0.351 e. The topological polar surface area (TPSA) is 18.5 Å². The molecule has 0 aliphatic rings. The second kappa shape index (κ2) is 5.57. The second-order valence-electron chi connectivity index (χ2n) is 4.02. The molecule has 0 N–H and O–H groups in total. The van der Waals surface area contributed by atoms with Crippen LogP contribution in [0.15, 0.2) is 11.8 Å². The maximum absolute atomic E-state index is 5.59. The molecule has 0 aromatic rings. The average molecular weight is 202 g/mol. The molecule has 13 heavy (non-hydrogen) atoms. The summed E-state index contributed by atoms with van der Waals surface area (Å²) >= 11 is 0. The van der Waals surface area contributed by atoms with E-state index in [1.54, 1.807) is 0 Å². The van der Waals surface area contributed by atoms with Gasteiger partial charge in [-0.15, -0.1) is 0 Å². The highest BCUT2D eigenvalue weighted by molar-refractivity contribution is 6.53. The van der Waals surface area contributed by atoms with Gasteiger partial charge >= 0.3 is 9.28 Å². The first-order valence-corrected chi connectivity index (χ1v) is 6.38. The van der Waals surface area contributed by atoms with E-state index in [2.05, 4.69) is 27.4 Å². The summed E-state index contributed by atoms with van der Waals surface area (Å²) in [6, 6.07) is 0. The molecule has 0 aromatic heterocycles. The van der Waals surface area contributed by atoms with Crippen LogP contribution in [0.5, 0.6) is 0 Å². The maximum atomic E-state index is 5.59. The molecule has 78 valence electrons. The monoisotopic (exact) mass is 202 g/mol. The minimum Gasteiger partial charge on any atom is -0.394 e. The van der Waals surface area contributed by atoms with Crippen LogP contribution in [-0.2, 0) is 8.85 Å². The quantitative estimate of drug-likeness (QED) is 0.637. The van der Waals surface area contributed by atoms with E-state index >= 15 is 0 Å². The molecule has 0 aromatic carbocycles. The largest absolute Gasteiger partial charge is 0.394 e. The van der Waals surface area contributed by atoms with Crippen molar-refractivity contribution in [3.05, 3.63) is 11.8 Å². The molecule has 0 saturated heterocycles. The Labute approximate surface area is 83.8 Å². The Kier molecular flexibility index (Phi) is 5.52. The number of hydrogen-bond donors (Lipinski definition) is 0. The van der Waals surface area contributed by atoms with Crippen molar-refractivity contribution in [3.8, 4) is 0 Å². The predicted molar refractivity (Wildman–Crippen MR) is 59.0 cm³/mol. The zero-order valence-electron chi connectivity index (χ0n) is 9.52. The summed E-state index contributed by atoms with van der Waals surface area (Å²) in [7, 11) is -1.65. The van der Waals surface area contributed by atoms with Crippen LogP contribution < -0.4 is 0 Å². The molecule has 0 atom stereocenters. The minimum absolute atomic E-state index is 0.0984. The number of allylic oxidation sites excluding steroid dienone is 1. The van der Waals surface area contributed by atoms with Crippen molar-refractivity contribution in [3.63, 3.8) is 0 Å². The standard InChI is InChI=1S/C10H22O2Si/c1-7-11-13(12-8-2)9(3)10(4,5)6/h13H,3,7-8H2,1-2,4-6H3. The van der Waals surface area contributed by atoms with E-state index in [0.717, 1.165) is 5.20 Å². The van der Waals surface area contributed by atoms with E-state index in [0.29, 0.717) is 13.2 Å². The Morgan fingerprint density at radius 3 is 1.77 bits per heavy atom.